The molecule has 1 rings (SSSR count). The van der Waals surface area contributed by atoms with E-state index >= 15 is 0 Å². The van der Waals surface area contributed by atoms with E-state index in [0.717, 1.165) is 19.3 Å². The Bertz CT molecular complexity index is 311. The molecule has 0 radical (unpaired) electrons. The summed E-state index contributed by atoms with van der Waals surface area (Å²) in [4.78, 5) is 0. The summed E-state index contributed by atoms with van der Waals surface area (Å²) in [6.45, 7) is 8.70. The Morgan fingerprint density at radius 1 is 1.12 bits per heavy atom. The van der Waals surface area contributed by atoms with Crippen LogP contribution in [-0.2, 0) is 6.42 Å². The standard InChI is InChI=1S/C14H24OSi/c1-14(15,16(2,3)4)12-8-11-13-9-6-5-7-10-13/h5-7,9-10,15H,8,11-12H2,1-4H3. The van der Waals surface area contributed by atoms with Crippen LogP contribution in [-0.4, -0.2) is 18.4 Å². The lowest BCUT2D eigenvalue weighted by Crippen LogP contribution is -2.49. The van der Waals surface area contributed by atoms with Crippen LogP contribution in [0.5, 0.6) is 0 Å². The van der Waals surface area contributed by atoms with Gasteiger partial charge in [-0.05, 0) is 31.7 Å². The lowest BCUT2D eigenvalue weighted by atomic mass is 10.1. The van der Waals surface area contributed by atoms with Crippen molar-refractivity contribution in [2.75, 3.05) is 0 Å². The van der Waals surface area contributed by atoms with Crippen LogP contribution in [0.3, 0.4) is 0 Å². The molecular formula is C14H24OSi. The third-order valence-electron chi connectivity index (χ3n) is 3.59. The molecule has 1 N–H and O–H groups in total. The average Bonchev–Trinajstić information content (AvgIpc) is 2.17. The van der Waals surface area contributed by atoms with Crippen molar-refractivity contribution in [2.24, 2.45) is 0 Å². The zero-order valence-corrected chi connectivity index (χ0v) is 12.0. The van der Waals surface area contributed by atoms with Gasteiger partial charge in [0.1, 0.15) is 0 Å². The molecule has 2 heteroatoms. The number of hydrogen-bond acceptors (Lipinski definition) is 1. The molecule has 0 aliphatic carbocycles. The molecule has 0 amide bonds. The number of aryl methyl sites for hydroxylation is 1. The largest absolute Gasteiger partial charge is 0.394 e. The Balaban J connectivity index is 2.42. The molecule has 90 valence electrons. The van der Waals surface area contributed by atoms with E-state index < -0.39 is 13.3 Å². The Morgan fingerprint density at radius 3 is 2.19 bits per heavy atom. The Labute approximate surface area is 101 Å². The van der Waals surface area contributed by atoms with Gasteiger partial charge in [-0.25, -0.2) is 0 Å². The van der Waals surface area contributed by atoms with Gasteiger partial charge in [0.15, 0.2) is 0 Å². The molecule has 1 aromatic rings. The van der Waals surface area contributed by atoms with Crippen molar-refractivity contribution < 1.29 is 5.11 Å². The molecule has 0 aromatic heterocycles. The highest BCUT2D eigenvalue weighted by Crippen LogP contribution is 2.25. The second kappa shape index (κ2) is 5.15. The van der Waals surface area contributed by atoms with Crippen LogP contribution in [0.1, 0.15) is 25.3 Å². The highest BCUT2D eigenvalue weighted by atomic mass is 28.3. The molecule has 1 atom stereocenters. The van der Waals surface area contributed by atoms with E-state index in [2.05, 4.69) is 43.9 Å². The van der Waals surface area contributed by atoms with Gasteiger partial charge in [0, 0.05) is 0 Å². The normalized spacial score (nSPS) is 15.8. The van der Waals surface area contributed by atoms with Gasteiger partial charge in [-0.2, -0.15) is 0 Å². The summed E-state index contributed by atoms with van der Waals surface area (Å²) in [5, 5.41) is 9.95. The predicted octanol–water partition coefficient (Wildman–Crippen LogP) is 3.64. The van der Waals surface area contributed by atoms with Gasteiger partial charge in [0.25, 0.3) is 0 Å². The van der Waals surface area contributed by atoms with Crippen LogP contribution in [0.4, 0.5) is 0 Å². The van der Waals surface area contributed by atoms with Gasteiger partial charge >= 0.3 is 0 Å². The first-order chi connectivity index (χ1) is 7.33. The van der Waals surface area contributed by atoms with Crippen LogP contribution in [0.25, 0.3) is 0 Å². The van der Waals surface area contributed by atoms with Gasteiger partial charge < -0.3 is 5.11 Å². The van der Waals surface area contributed by atoms with Crippen molar-refractivity contribution in [1.82, 2.24) is 0 Å². The van der Waals surface area contributed by atoms with E-state index in [1.54, 1.807) is 0 Å². The van der Waals surface area contributed by atoms with Gasteiger partial charge in [0.05, 0.1) is 13.3 Å². The predicted molar refractivity (Wildman–Crippen MR) is 73.3 cm³/mol. The fraction of sp³-hybridized carbons (Fsp3) is 0.571. The fourth-order valence-corrected chi connectivity index (χ4v) is 2.58. The first-order valence-corrected chi connectivity index (χ1v) is 9.59. The van der Waals surface area contributed by atoms with Crippen LogP contribution in [0, 0.1) is 0 Å². The van der Waals surface area contributed by atoms with Gasteiger partial charge in [-0.3, -0.25) is 0 Å². The summed E-state index contributed by atoms with van der Waals surface area (Å²) in [5.74, 6) is 0. The second-order valence-corrected chi connectivity index (χ2v) is 11.4. The number of aliphatic hydroxyl groups is 1. The minimum atomic E-state index is -1.47. The van der Waals surface area contributed by atoms with E-state index in [1.807, 2.05) is 13.0 Å². The molecule has 0 fully saturated rings. The Kier molecular flexibility index (Phi) is 4.33. The Hall–Kier alpha value is -0.603. The fourth-order valence-electron chi connectivity index (χ4n) is 1.66. The first kappa shape index (κ1) is 13.5. The van der Waals surface area contributed by atoms with Crippen LogP contribution < -0.4 is 0 Å². The number of hydrogen-bond donors (Lipinski definition) is 1. The molecule has 0 aliphatic rings. The van der Waals surface area contributed by atoms with Crippen molar-refractivity contribution in [3.8, 4) is 0 Å². The lowest BCUT2D eigenvalue weighted by molar-refractivity contribution is 0.123. The molecule has 0 heterocycles. The number of benzene rings is 1. The number of rotatable bonds is 5. The molecule has 1 nitrogen and oxygen atoms in total. The summed E-state index contributed by atoms with van der Waals surface area (Å²) in [6, 6.07) is 10.5. The summed E-state index contributed by atoms with van der Waals surface area (Å²) in [7, 11) is -1.47. The van der Waals surface area contributed by atoms with Crippen molar-refractivity contribution in [1.29, 1.82) is 0 Å². The Morgan fingerprint density at radius 2 is 1.69 bits per heavy atom. The monoisotopic (exact) mass is 236 g/mol. The highest BCUT2D eigenvalue weighted by molar-refractivity contribution is 6.78. The molecule has 0 saturated heterocycles. The van der Waals surface area contributed by atoms with Crippen molar-refractivity contribution in [3.63, 3.8) is 0 Å². The minimum absolute atomic E-state index is 0.443. The van der Waals surface area contributed by atoms with E-state index in [9.17, 15) is 5.11 Å². The molecular weight excluding hydrogens is 212 g/mol. The third-order valence-corrected chi connectivity index (χ3v) is 7.07. The minimum Gasteiger partial charge on any atom is -0.394 e. The van der Waals surface area contributed by atoms with Gasteiger partial charge in [-0.15, -0.1) is 0 Å². The first-order valence-electron chi connectivity index (χ1n) is 6.09. The maximum atomic E-state index is 10.4. The molecule has 1 unspecified atom stereocenters. The van der Waals surface area contributed by atoms with Crippen molar-refractivity contribution >= 4 is 8.07 Å². The molecule has 1 aromatic carbocycles. The lowest BCUT2D eigenvalue weighted by Gasteiger charge is -2.35. The summed E-state index contributed by atoms with van der Waals surface area (Å²) < 4.78 is 0. The second-order valence-electron chi connectivity index (χ2n) is 5.86. The summed E-state index contributed by atoms with van der Waals surface area (Å²) >= 11 is 0. The SMILES string of the molecule is CC(O)(CCCc1ccccc1)[Si](C)(C)C. The van der Waals surface area contributed by atoms with Crippen LogP contribution >= 0.6 is 0 Å². The smallest absolute Gasteiger partial charge is 0.0817 e. The van der Waals surface area contributed by atoms with Crippen LogP contribution in [0.15, 0.2) is 30.3 Å². The van der Waals surface area contributed by atoms with E-state index in [1.165, 1.54) is 5.56 Å². The molecule has 0 saturated carbocycles. The zero-order chi connectivity index (χ0) is 12.2. The van der Waals surface area contributed by atoms with Gasteiger partial charge in [-0.1, -0.05) is 50.0 Å². The van der Waals surface area contributed by atoms with Crippen LogP contribution in [0.2, 0.25) is 19.6 Å². The third kappa shape index (κ3) is 3.76. The van der Waals surface area contributed by atoms with E-state index in [4.69, 9.17) is 0 Å². The van der Waals surface area contributed by atoms with E-state index in [0.29, 0.717) is 0 Å². The molecule has 0 aliphatic heterocycles. The topological polar surface area (TPSA) is 20.2 Å². The average molecular weight is 236 g/mol. The zero-order valence-electron chi connectivity index (χ0n) is 11.0. The maximum Gasteiger partial charge on any atom is 0.0817 e. The highest BCUT2D eigenvalue weighted by Gasteiger charge is 2.36. The molecule has 0 bridgehead atoms. The van der Waals surface area contributed by atoms with Crippen molar-refractivity contribution in [2.45, 2.75) is 51.1 Å². The summed E-state index contributed by atoms with van der Waals surface area (Å²) in [5.41, 5.74) is 1.37. The summed E-state index contributed by atoms with van der Waals surface area (Å²) in [6.07, 6.45) is 3.06. The maximum absolute atomic E-state index is 10.4. The van der Waals surface area contributed by atoms with E-state index in [-0.39, 0.29) is 0 Å². The van der Waals surface area contributed by atoms with Gasteiger partial charge in [0.2, 0.25) is 0 Å². The molecule has 0 spiro atoms. The van der Waals surface area contributed by atoms with Crippen molar-refractivity contribution in [3.05, 3.63) is 35.9 Å². The quantitative estimate of drug-likeness (QED) is 0.774. The molecule has 16 heavy (non-hydrogen) atoms.